The van der Waals surface area contributed by atoms with E-state index in [1.165, 1.54) is 0 Å². The number of Topliss-reactive ketones (excluding diaryl/α,β-unsaturated/α-hetero) is 1. The lowest BCUT2D eigenvalue weighted by molar-refractivity contribution is -0.348. The maximum absolute atomic E-state index is 13.0. The topological polar surface area (TPSA) is 54.0 Å². The van der Waals surface area contributed by atoms with Crippen LogP contribution in [0.2, 0.25) is 0 Å². The Balaban J connectivity index is 1.40. The maximum atomic E-state index is 13.0. The van der Waals surface area contributed by atoms with Crippen LogP contribution in [0.5, 0.6) is 0 Å². The molecule has 1 spiro atoms. The second kappa shape index (κ2) is 7.47. The number of halogens is 1. The molecule has 152 valence electrons. The molecule has 1 aromatic carbocycles. The fourth-order valence-electron chi connectivity index (χ4n) is 5.48. The van der Waals surface area contributed by atoms with Crippen molar-refractivity contribution in [1.82, 2.24) is 0 Å². The standard InChI is InChI=1S/C22H27BrO5/c23-19-18-7-6-17(20(19)24)22(28-18,27-14-15-4-2-1-3-5-15)16-8-10-21(11-9-16)25-12-13-26-21/h1-5,16-19H,6-14H2. The minimum Gasteiger partial charge on any atom is -0.348 e. The highest BCUT2D eigenvalue weighted by Crippen LogP contribution is 2.53. The van der Waals surface area contributed by atoms with E-state index in [0.717, 1.165) is 44.1 Å². The van der Waals surface area contributed by atoms with Gasteiger partial charge >= 0.3 is 0 Å². The molecule has 4 unspecified atom stereocenters. The number of carbonyl (C=O) groups is 1. The molecule has 28 heavy (non-hydrogen) atoms. The quantitative estimate of drug-likeness (QED) is 0.649. The Morgan fingerprint density at radius 1 is 1.04 bits per heavy atom. The van der Waals surface area contributed by atoms with Gasteiger partial charge in [-0.1, -0.05) is 46.3 Å². The summed E-state index contributed by atoms with van der Waals surface area (Å²) < 4.78 is 25.0. The molecule has 5 fully saturated rings. The van der Waals surface area contributed by atoms with E-state index in [2.05, 4.69) is 28.1 Å². The van der Waals surface area contributed by atoms with Crippen LogP contribution in [0.15, 0.2) is 30.3 Å². The van der Waals surface area contributed by atoms with Crippen molar-refractivity contribution in [1.29, 1.82) is 0 Å². The molecule has 3 aliphatic heterocycles. The molecule has 4 atom stereocenters. The molecule has 0 radical (unpaired) electrons. The lowest BCUT2D eigenvalue weighted by Crippen LogP contribution is -2.66. The van der Waals surface area contributed by atoms with E-state index in [1.807, 2.05) is 18.2 Å². The number of hydrogen-bond acceptors (Lipinski definition) is 5. The van der Waals surface area contributed by atoms with Gasteiger partial charge in [0.05, 0.1) is 36.7 Å². The Labute approximate surface area is 174 Å². The Kier molecular flexibility index (Phi) is 5.12. The van der Waals surface area contributed by atoms with Crippen LogP contribution >= 0.6 is 15.9 Å². The molecule has 0 aromatic heterocycles. The third kappa shape index (κ3) is 3.18. The van der Waals surface area contributed by atoms with Crippen molar-refractivity contribution in [3.63, 3.8) is 0 Å². The molecular weight excluding hydrogens is 424 g/mol. The highest BCUT2D eigenvalue weighted by Gasteiger charge is 2.62. The van der Waals surface area contributed by atoms with Crippen LogP contribution in [0.4, 0.5) is 0 Å². The highest BCUT2D eigenvalue weighted by atomic mass is 79.9. The molecule has 2 aliphatic carbocycles. The van der Waals surface area contributed by atoms with E-state index in [4.69, 9.17) is 18.9 Å². The van der Waals surface area contributed by atoms with Crippen molar-refractivity contribution < 1.29 is 23.7 Å². The second-order valence-corrected chi connectivity index (χ2v) is 9.45. The molecule has 5 aliphatic rings. The van der Waals surface area contributed by atoms with Gasteiger partial charge in [0.25, 0.3) is 0 Å². The first-order valence-corrected chi connectivity index (χ1v) is 11.3. The van der Waals surface area contributed by atoms with Gasteiger partial charge < -0.3 is 18.9 Å². The van der Waals surface area contributed by atoms with Crippen LogP contribution < -0.4 is 0 Å². The summed E-state index contributed by atoms with van der Waals surface area (Å²) in [6.45, 7) is 1.80. The van der Waals surface area contributed by atoms with E-state index in [-0.39, 0.29) is 28.6 Å². The van der Waals surface area contributed by atoms with Crippen molar-refractivity contribution in [2.24, 2.45) is 11.8 Å². The van der Waals surface area contributed by atoms with Crippen molar-refractivity contribution in [3.8, 4) is 0 Å². The Morgan fingerprint density at radius 3 is 2.43 bits per heavy atom. The number of benzene rings is 1. The summed E-state index contributed by atoms with van der Waals surface area (Å²) in [6, 6.07) is 10.1. The predicted octanol–water partition coefficient (Wildman–Crippen LogP) is 3.97. The van der Waals surface area contributed by atoms with Gasteiger partial charge in [-0.05, 0) is 31.2 Å². The van der Waals surface area contributed by atoms with E-state index in [9.17, 15) is 4.79 Å². The average molecular weight is 451 g/mol. The molecule has 6 heteroatoms. The summed E-state index contributed by atoms with van der Waals surface area (Å²) in [5, 5.41) is 0. The normalized spacial score (nSPS) is 37.6. The molecule has 3 heterocycles. The molecule has 2 bridgehead atoms. The van der Waals surface area contributed by atoms with Crippen LogP contribution in [0.1, 0.15) is 44.1 Å². The average Bonchev–Trinajstić information content (AvgIpc) is 3.19. The highest BCUT2D eigenvalue weighted by molar-refractivity contribution is 9.10. The third-order valence-electron chi connectivity index (χ3n) is 6.94. The minimum atomic E-state index is -0.833. The van der Waals surface area contributed by atoms with Gasteiger partial charge in [0.1, 0.15) is 0 Å². The fourth-order valence-corrected chi connectivity index (χ4v) is 6.17. The molecule has 6 rings (SSSR count). The summed E-state index contributed by atoms with van der Waals surface area (Å²) in [5.41, 5.74) is 1.10. The third-order valence-corrected chi connectivity index (χ3v) is 7.98. The molecule has 5 nitrogen and oxygen atoms in total. The number of alkyl halides is 1. The van der Waals surface area contributed by atoms with E-state index in [0.29, 0.717) is 19.8 Å². The molecule has 0 N–H and O–H groups in total. The van der Waals surface area contributed by atoms with Gasteiger partial charge in [0.2, 0.25) is 0 Å². The van der Waals surface area contributed by atoms with Crippen molar-refractivity contribution in [3.05, 3.63) is 35.9 Å². The Hall–Kier alpha value is -0.790. The van der Waals surface area contributed by atoms with Crippen LogP contribution in [-0.4, -0.2) is 41.5 Å². The van der Waals surface area contributed by atoms with Gasteiger partial charge in [-0.3, -0.25) is 4.79 Å². The first-order valence-electron chi connectivity index (χ1n) is 10.4. The number of ketones is 1. The van der Waals surface area contributed by atoms with Crippen molar-refractivity contribution in [2.45, 2.75) is 67.6 Å². The Morgan fingerprint density at radius 2 is 1.75 bits per heavy atom. The first kappa shape index (κ1) is 19.2. The summed E-state index contributed by atoms with van der Waals surface area (Å²) in [6.07, 6.45) is 5.09. The molecular formula is C22H27BrO5. The largest absolute Gasteiger partial charge is 0.348 e. The number of fused-ring (bicyclic) bond motifs is 3. The van der Waals surface area contributed by atoms with E-state index in [1.54, 1.807) is 0 Å². The van der Waals surface area contributed by atoms with Crippen molar-refractivity contribution >= 4 is 21.7 Å². The number of ether oxygens (including phenoxy) is 4. The zero-order chi connectivity index (χ0) is 19.2. The number of carbonyl (C=O) groups excluding carboxylic acids is 1. The molecule has 0 amide bonds. The molecule has 1 aromatic rings. The lowest BCUT2D eigenvalue weighted by atomic mass is 9.68. The minimum absolute atomic E-state index is 0.108. The van der Waals surface area contributed by atoms with Gasteiger partial charge in [0.15, 0.2) is 17.4 Å². The van der Waals surface area contributed by atoms with Gasteiger partial charge in [-0.15, -0.1) is 0 Å². The van der Waals surface area contributed by atoms with Gasteiger partial charge in [-0.25, -0.2) is 0 Å². The Bertz CT molecular complexity index is 709. The zero-order valence-electron chi connectivity index (χ0n) is 16.0. The lowest BCUT2D eigenvalue weighted by Gasteiger charge is -2.56. The summed E-state index contributed by atoms with van der Waals surface area (Å²) in [7, 11) is 0. The number of rotatable bonds is 4. The monoisotopic (exact) mass is 450 g/mol. The first-order chi connectivity index (χ1) is 13.6. The van der Waals surface area contributed by atoms with Crippen LogP contribution in [-0.2, 0) is 30.3 Å². The van der Waals surface area contributed by atoms with Gasteiger partial charge in [-0.2, -0.15) is 0 Å². The van der Waals surface area contributed by atoms with Crippen LogP contribution in [0.25, 0.3) is 0 Å². The smallest absolute Gasteiger partial charge is 0.181 e. The summed E-state index contributed by atoms with van der Waals surface area (Å²) in [5.74, 6) is -1.06. The zero-order valence-corrected chi connectivity index (χ0v) is 17.6. The van der Waals surface area contributed by atoms with Crippen LogP contribution in [0, 0.1) is 11.8 Å². The maximum Gasteiger partial charge on any atom is 0.181 e. The number of hydrogen-bond donors (Lipinski definition) is 0. The second-order valence-electron chi connectivity index (χ2n) is 8.47. The summed E-state index contributed by atoms with van der Waals surface area (Å²) in [4.78, 5) is 12.8. The van der Waals surface area contributed by atoms with E-state index < -0.39 is 11.6 Å². The SMILES string of the molecule is O=C1C(Br)C2CCC1C(OCc1ccccc1)(C1CCC3(CC1)OCCO3)O2. The molecule has 3 saturated heterocycles. The van der Waals surface area contributed by atoms with Crippen LogP contribution in [0.3, 0.4) is 0 Å². The molecule has 2 saturated carbocycles. The predicted molar refractivity (Wildman–Crippen MR) is 106 cm³/mol. The van der Waals surface area contributed by atoms with E-state index >= 15 is 0 Å². The van der Waals surface area contributed by atoms with Crippen molar-refractivity contribution in [2.75, 3.05) is 13.2 Å². The fraction of sp³-hybridized carbons (Fsp3) is 0.682. The van der Waals surface area contributed by atoms with Gasteiger partial charge in [0, 0.05) is 18.8 Å². The summed E-state index contributed by atoms with van der Waals surface area (Å²) >= 11 is 3.56.